The van der Waals surface area contributed by atoms with Gasteiger partial charge in [-0.2, -0.15) is 0 Å². The van der Waals surface area contributed by atoms with E-state index >= 15 is 0 Å². The van der Waals surface area contributed by atoms with Crippen LogP contribution >= 0.6 is 0 Å². The van der Waals surface area contributed by atoms with Crippen molar-refractivity contribution in [3.8, 4) is 11.5 Å². The molecule has 0 bridgehead atoms. The molecule has 1 aromatic carbocycles. The molecule has 132 valence electrons. The lowest BCUT2D eigenvalue weighted by atomic mass is 9.87. The summed E-state index contributed by atoms with van der Waals surface area (Å²) in [5.41, 5.74) is -0.893. The molecule has 0 radical (unpaired) electrons. The van der Waals surface area contributed by atoms with Gasteiger partial charge in [0.15, 0.2) is 11.5 Å². The van der Waals surface area contributed by atoms with Crippen molar-refractivity contribution < 1.29 is 23.9 Å². The van der Waals surface area contributed by atoms with Crippen LogP contribution in [0.15, 0.2) is 24.3 Å². The van der Waals surface area contributed by atoms with E-state index in [2.05, 4.69) is 10.6 Å². The summed E-state index contributed by atoms with van der Waals surface area (Å²) < 4.78 is 11.6. The summed E-state index contributed by atoms with van der Waals surface area (Å²) in [4.78, 5) is 37.9. The number of urea groups is 1. The predicted octanol–water partition coefficient (Wildman–Crippen LogP) is 0.416. The van der Waals surface area contributed by atoms with Crippen molar-refractivity contribution in [2.45, 2.75) is 37.5 Å². The molecule has 0 unspecified atom stereocenters. The molecule has 2 saturated heterocycles. The maximum Gasteiger partial charge on any atom is 0.322 e. The molecule has 0 saturated carbocycles. The number of fused-ring (bicyclic) bond motifs is 1. The van der Waals surface area contributed by atoms with Gasteiger partial charge in [-0.1, -0.05) is 12.1 Å². The fourth-order valence-corrected chi connectivity index (χ4v) is 3.56. The molecule has 1 aromatic rings. The Morgan fingerprint density at radius 3 is 2.40 bits per heavy atom. The molecule has 0 aromatic heterocycles. The quantitative estimate of drug-likeness (QED) is 0.719. The number of hydrogen-bond acceptors (Lipinski definition) is 5. The number of hydrogen-bond donors (Lipinski definition) is 2. The number of nitrogens with zero attached hydrogens (tertiary/aromatic N) is 1. The first kappa shape index (κ1) is 15.7. The Morgan fingerprint density at radius 2 is 1.80 bits per heavy atom. The maximum atomic E-state index is 12.9. The predicted molar refractivity (Wildman–Crippen MR) is 86.2 cm³/mol. The molecule has 3 heterocycles. The van der Waals surface area contributed by atoms with Gasteiger partial charge in [-0.05, 0) is 31.9 Å². The number of carbonyl (C=O) groups is 3. The molecule has 4 amide bonds. The van der Waals surface area contributed by atoms with Crippen molar-refractivity contribution in [1.29, 1.82) is 0 Å². The lowest BCUT2D eigenvalue weighted by Gasteiger charge is -2.40. The van der Waals surface area contributed by atoms with E-state index < -0.39 is 23.8 Å². The first-order chi connectivity index (χ1) is 12.0. The zero-order chi connectivity index (χ0) is 17.6. The van der Waals surface area contributed by atoms with Crippen LogP contribution < -0.4 is 20.1 Å². The molecular weight excluding hydrogens is 326 g/mol. The van der Waals surface area contributed by atoms with Gasteiger partial charge in [0.05, 0.1) is 0 Å². The molecule has 25 heavy (non-hydrogen) atoms. The molecule has 3 aliphatic rings. The van der Waals surface area contributed by atoms with E-state index in [9.17, 15) is 14.4 Å². The number of likely N-dealkylation sites (tertiary alicyclic amines) is 1. The van der Waals surface area contributed by atoms with Gasteiger partial charge in [-0.3, -0.25) is 14.9 Å². The molecule has 2 atom stereocenters. The number of imide groups is 1. The smallest absolute Gasteiger partial charge is 0.322 e. The summed E-state index contributed by atoms with van der Waals surface area (Å²) in [6, 6.07) is 6.77. The van der Waals surface area contributed by atoms with Crippen LogP contribution in [0.4, 0.5) is 4.79 Å². The van der Waals surface area contributed by atoms with Gasteiger partial charge in [0, 0.05) is 13.1 Å². The highest BCUT2D eigenvalue weighted by atomic mass is 16.6. The van der Waals surface area contributed by atoms with Gasteiger partial charge in [0.2, 0.25) is 6.10 Å². The second kappa shape index (κ2) is 5.65. The van der Waals surface area contributed by atoms with Crippen LogP contribution in [-0.2, 0) is 9.59 Å². The third-order valence-electron chi connectivity index (χ3n) is 5.03. The lowest BCUT2D eigenvalue weighted by Crippen LogP contribution is -2.59. The van der Waals surface area contributed by atoms with E-state index in [0.29, 0.717) is 37.4 Å². The largest absolute Gasteiger partial charge is 0.482 e. The Morgan fingerprint density at radius 1 is 1.16 bits per heavy atom. The van der Waals surface area contributed by atoms with E-state index in [1.165, 1.54) is 0 Å². The summed E-state index contributed by atoms with van der Waals surface area (Å²) in [5, 5.41) is 4.95. The fourth-order valence-electron chi connectivity index (χ4n) is 3.56. The average molecular weight is 345 g/mol. The minimum Gasteiger partial charge on any atom is -0.482 e. The molecule has 1 spiro atoms. The van der Waals surface area contributed by atoms with Crippen molar-refractivity contribution in [2.24, 2.45) is 0 Å². The first-order valence-electron chi connectivity index (χ1n) is 8.33. The van der Waals surface area contributed by atoms with E-state index in [4.69, 9.17) is 9.47 Å². The van der Waals surface area contributed by atoms with Crippen molar-refractivity contribution >= 4 is 17.8 Å². The highest BCUT2D eigenvalue weighted by molar-refractivity contribution is 6.07. The summed E-state index contributed by atoms with van der Waals surface area (Å²) in [7, 11) is 0. The Hall–Kier alpha value is -2.77. The Balaban J connectivity index is 1.44. The van der Waals surface area contributed by atoms with E-state index in [-0.39, 0.29) is 11.8 Å². The van der Waals surface area contributed by atoms with Crippen LogP contribution in [0.2, 0.25) is 0 Å². The zero-order valence-electron chi connectivity index (χ0n) is 13.8. The average Bonchev–Trinajstić information content (AvgIpc) is 2.87. The Labute approximate surface area is 144 Å². The SMILES string of the molecule is C[C@H]1Oc2ccccc2O[C@@H]1C(=O)N1CCC2(CC1)NC(=O)NC2=O. The number of nitrogens with one attached hydrogen (secondary N) is 2. The molecule has 8 heteroatoms. The lowest BCUT2D eigenvalue weighted by molar-refractivity contribution is -0.147. The van der Waals surface area contributed by atoms with Gasteiger partial charge in [-0.15, -0.1) is 0 Å². The Bertz CT molecular complexity index is 742. The van der Waals surface area contributed by atoms with Crippen LogP contribution in [0.3, 0.4) is 0 Å². The van der Waals surface area contributed by atoms with Gasteiger partial charge in [-0.25, -0.2) is 4.79 Å². The van der Waals surface area contributed by atoms with Crippen molar-refractivity contribution in [3.05, 3.63) is 24.3 Å². The minimum absolute atomic E-state index is 0.165. The van der Waals surface area contributed by atoms with Crippen molar-refractivity contribution in [3.63, 3.8) is 0 Å². The number of ether oxygens (including phenoxy) is 2. The number of piperidine rings is 1. The number of carbonyl (C=O) groups excluding carboxylic acids is 3. The van der Waals surface area contributed by atoms with E-state index in [0.717, 1.165) is 0 Å². The van der Waals surface area contributed by atoms with Crippen LogP contribution in [0.25, 0.3) is 0 Å². The molecule has 2 N–H and O–H groups in total. The van der Waals surface area contributed by atoms with Crippen LogP contribution in [0.5, 0.6) is 11.5 Å². The molecule has 3 aliphatic heterocycles. The summed E-state index contributed by atoms with van der Waals surface area (Å²) >= 11 is 0. The van der Waals surface area contributed by atoms with Crippen molar-refractivity contribution in [1.82, 2.24) is 15.5 Å². The first-order valence-corrected chi connectivity index (χ1v) is 8.33. The molecular formula is C17H19N3O5. The molecule has 8 nitrogen and oxygen atoms in total. The van der Waals surface area contributed by atoms with Crippen LogP contribution in [-0.4, -0.2) is 53.6 Å². The monoisotopic (exact) mass is 345 g/mol. The second-order valence-corrected chi connectivity index (χ2v) is 6.62. The summed E-state index contributed by atoms with van der Waals surface area (Å²) in [6.45, 7) is 2.55. The van der Waals surface area contributed by atoms with Crippen molar-refractivity contribution in [2.75, 3.05) is 13.1 Å². The number of benzene rings is 1. The number of rotatable bonds is 1. The van der Waals surface area contributed by atoms with E-state index in [1.807, 2.05) is 12.1 Å². The Kier molecular flexibility index (Phi) is 3.55. The van der Waals surface area contributed by atoms with Gasteiger partial charge < -0.3 is 19.7 Å². The van der Waals surface area contributed by atoms with Gasteiger partial charge >= 0.3 is 6.03 Å². The fraction of sp³-hybridized carbons (Fsp3) is 0.471. The summed E-state index contributed by atoms with van der Waals surface area (Å²) in [6.07, 6.45) is -0.368. The van der Waals surface area contributed by atoms with Crippen LogP contribution in [0, 0.1) is 0 Å². The zero-order valence-corrected chi connectivity index (χ0v) is 13.8. The second-order valence-electron chi connectivity index (χ2n) is 6.62. The van der Waals surface area contributed by atoms with Gasteiger partial charge in [0.25, 0.3) is 11.8 Å². The molecule has 4 rings (SSSR count). The number of para-hydroxylation sites is 2. The maximum absolute atomic E-state index is 12.9. The topological polar surface area (TPSA) is 97.0 Å². The molecule has 0 aliphatic carbocycles. The minimum atomic E-state index is -0.893. The van der Waals surface area contributed by atoms with Gasteiger partial charge in [0.1, 0.15) is 11.6 Å². The standard InChI is InChI=1S/C17H19N3O5/c1-10-13(25-12-5-3-2-4-11(12)24-10)14(21)20-8-6-17(7-9-20)15(22)18-16(23)19-17/h2-5,10,13H,6-9H2,1H3,(H2,18,19,22,23)/t10-,13+/m1/s1. The van der Waals surface area contributed by atoms with Crippen LogP contribution in [0.1, 0.15) is 19.8 Å². The normalized spacial score (nSPS) is 27.0. The summed E-state index contributed by atoms with van der Waals surface area (Å²) in [5.74, 6) is 0.697. The molecule has 2 fully saturated rings. The number of amides is 4. The third kappa shape index (κ3) is 2.57. The highest BCUT2D eigenvalue weighted by Crippen LogP contribution is 2.34. The third-order valence-corrected chi connectivity index (χ3v) is 5.03. The van der Waals surface area contributed by atoms with E-state index in [1.54, 1.807) is 24.0 Å². The highest BCUT2D eigenvalue weighted by Gasteiger charge is 2.49.